The third-order valence-electron chi connectivity index (χ3n) is 2.34. The van der Waals surface area contributed by atoms with Crippen molar-refractivity contribution in [2.45, 2.75) is 11.3 Å². The maximum atomic E-state index is 11.8. The van der Waals surface area contributed by atoms with E-state index in [0.29, 0.717) is 6.42 Å². The normalized spacial score (nSPS) is 14.9. The molecule has 15 heavy (non-hydrogen) atoms. The summed E-state index contributed by atoms with van der Waals surface area (Å²) in [4.78, 5) is 15.0. The van der Waals surface area contributed by atoms with Crippen molar-refractivity contribution in [3.05, 3.63) is 24.3 Å². The monoisotopic (exact) mass is 285 g/mol. The Balaban J connectivity index is 2.25. The van der Waals surface area contributed by atoms with Crippen LogP contribution in [0.2, 0.25) is 0 Å². The van der Waals surface area contributed by atoms with Crippen LogP contribution in [0.25, 0.3) is 0 Å². The van der Waals surface area contributed by atoms with E-state index in [9.17, 15) is 4.79 Å². The summed E-state index contributed by atoms with van der Waals surface area (Å²) in [5.41, 5.74) is 1.07. The van der Waals surface area contributed by atoms with Crippen LogP contribution in [0.4, 0.5) is 5.69 Å². The molecule has 1 aliphatic heterocycles. The van der Waals surface area contributed by atoms with E-state index in [1.807, 2.05) is 34.9 Å². The van der Waals surface area contributed by atoms with Crippen LogP contribution in [0.3, 0.4) is 0 Å². The lowest BCUT2D eigenvalue weighted by Crippen LogP contribution is -2.35. The minimum atomic E-state index is 0.208. The zero-order valence-corrected chi connectivity index (χ0v) is 10.7. The highest BCUT2D eigenvalue weighted by atomic mass is 79.9. The largest absolute Gasteiger partial charge is 0.310 e. The molecule has 2 rings (SSSR count). The lowest BCUT2D eigenvalue weighted by atomic mass is 10.2. The fourth-order valence-electron chi connectivity index (χ4n) is 1.64. The van der Waals surface area contributed by atoms with E-state index in [-0.39, 0.29) is 5.91 Å². The van der Waals surface area contributed by atoms with Crippen LogP contribution in [0.15, 0.2) is 29.2 Å². The van der Waals surface area contributed by atoms with Gasteiger partial charge in [0.25, 0.3) is 0 Å². The maximum absolute atomic E-state index is 11.8. The number of halogens is 1. The van der Waals surface area contributed by atoms with Gasteiger partial charge in [0.15, 0.2) is 0 Å². The highest BCUT2D eigenvalue weighted by molar-refractivity contribution is 9.09. The lowest BCUT2D eigenvalue weighted by molar-refractivity contribution is -0.118. The molecule has 0 atom stereocenters. The first-order valence-corrected chi connectivity index (χ1v) is 7.02. The topological polar surface area (TPSA) is 20.3 Å². The zero-order valence-electron chi connectivity index (χ0n) is 8.28. The molecule has 0 bridgehead atoms. The molecular formula is C11H12BrNOS. The fraction of sp³-hybridized carbons (Fsp3) is 0.364. The van der Waals surface area contributed by atoms with Gasteiger partial charge in [0.05, 0.1) is 5.69 Å². The minimum Gasteiger partial charge on any atom is -0.310 e. The van der Waals surface area contributed by atoms with Crippen molar-refractivity contribution in [3.8, 4) is 0 Å². The molecule has 0 radical (unpaired) electrons. The van der Waals surface area contributed by atoms with E-state index in [2.05, 4.69) is 22.0 Å². The minimum absolute atomic E-state index is 0.208. The van der Waals surface area contributed by atoms with Crippen molar-refractivity contribution in [1.29, 1.82) is 0 Å². The number of carbonyl (C=O) groups excluding carboxylic acids is 1. The Morgan fingerprint density at radius 1 is 1.47 bits per heavy atom. The van der Waals surface area contributed by atoms with Crippen LogP contribution >= 0.6 is 27.7 Å². The Labute approximate surface area is 102 Å². The van der Waals surface area contributed by atoms with Gasteiger partial charge in [0.2, 0.25) is 5.91 Å². The van der Waals surface area contributed by atoms with E-state index in [1.165, 1.54) is 4.90 Å². The number of rotatable bonds is 2. The van der Waals surface area contributed by atoms with Crippen molar-refractivity contribution in [2.24, 2.45) is 0 Å². The van der Waals surface area contributed by atoms with E-state index >= 15 is 0 Å². The number of anilines is 1. The summed E-state index contributed by atoms with van der Waals surface area (Å²) in [5.74, 6) is 1.20. The third-order valence-corrected chi connectivity index (χ3v) is 3.78. The Kier molecular flexibility index (Phi) is 3.70. The predicted molar refractivity (Wildman–Crippen MR) is 67.9 cm³/mol. The number of hydrogen-bond acceptors (Lipinski definition) is 2. The van der Waals surface area contributed by atoms with Crippen LogP contribution in [0, 0.1) is 0 Å². The van der Waals surface area contributed by atoms with Crippen molar-refractivity contribution >= 4 is 39.3 Å². The van der Waals surface area contributed by atoms with Crippen molar-refractivity contribution < 1.29 is 4.79 Å². The van der Waals surface area contributed by atoms with Crippen LogP contribution in [0.1, 0.15) is 6.42 Å². The average Bonchev–Trinajstić information content (AvgIpc) is 2.28. The Bertz CT molecular complexity index is 369. The van der Waals surface area contributed by atoms with Gasteiger partial charge in [-0.2, -0.15) is 0 Å². The standard InChI is InChI=1S/C11H12BrNOS/c12-6-5-11(14)13-7-8-15-10-4-2-1-3-9(10)13/h1-4H,5-8H2. The molecule has 0 fully saturated rings. The SMILES string of the molecule is O=C(CCBr)N1CCSc2ccccc21. The first kappa shape index (κ1) is 11.0. The highest BCUT2D eigenvalue weighted by Crippen LogP contribution is 2.34. The van der Waals surface area contributed by atoms with Gasteiger partial charge >= 0.3 is 0 Å². The summed E-state index contributed by atoms with van der Waals surface area (Å²) in [7, 11) is 0. The maximum Gasteiger partial charge on any atom is 0.227 e. The van der Waals surface area contributed by atoms with E-state index in [1.54, 1.807) is 0 Å². The van der Waals surface area contributed by atoms with E-state index in [0.717, 1.165) is 23.3 Å². The Hall–Kier alpha value is -0.480. The number of para-hydroxylation sites is 1. The smallest absolute Gasteiger partial charge is 0.227 e. The van der Waals surface area contributed by atoms with Crippen LogP contribution < -0.4 is 4.90 Å². The third kappa shape index (κ3) is 2.37. The molecule has 0 aromatic heterocycles. The number of carbonyl (C=O) groups is 1. The van der Waals surface area contributed by atoms with Gasteiger partial charge in [-0.25, -0.2) is 0 Å². The van der Waals surface area contributed by atoms with Crippen LogP contribution in [-0.4, -0.2) is 23.5 Å². The molecular weight excluding hydrogens is 274 g/mol. The van der Waals surface area contributed by atoms with E-state index in [4.69, 9.17) is 0 Å². The van der Waals surface area contributed by atoms with Crippen LogP contribution in [-0.2, 0) is 4.79 Å². The lowest BCUT2D eigenvalue weighted by Gasteiger charge is -2.28. The summed E-state index contributed by atoms with van der Waals surface area (Å²) < 4.78 is 0. The molecule has 0 unspecified atom stereocenters. The summed E-state index contributed by atoms with van der Waals surface area (Å²) >= 11 is 5.13. The molecule has 80 valence electrons. The van der Waals surface area contributed by atoms with Gasteiger partial charge in [0, 0.05) is 28.9 Å². The van der Waals surface area contributed by atoms with E-state index < -0.39 is 0 Å². The van der Waals surface area contributed by atoms with Gasteiger partial charge in [-0.1, -0.05) is 28.1 Å². The molecule has 0 spiro atoms. The quantitative estimate of drug-likeness (QED) is 0.779. The molecule has 0 N–H and O–H groups in total. The molecule has 0 aliphatic carbocycles. The average molecular weight is 286 g/mol. The van der Waals surface area contributed by atoms with Crippen molar-refractivity contribution in [3.63, 3.8) is 0 Å². The van der Waals surface area contributed by atoms with Gasteiger partial charge in [-0.05, 0) is 12.1 Å². The molecule has 1 heterocycles. The first-order valence-electron chi connectivity index (χ1n) is 4.91. The molecule has 1 amide bonds. The number of fused-ring (bicyclic) bond motifs is 1. The predicted octanol–water partition coefficient (Wildman–Crippen LogP) is 2.91. The second kappa shape index (κ2) is 5.03. The summed E-state index contributed by atoms with van der Waals surface area (Å²) in [6.07, 6.45) is 0.568. The number of nitrogens with zero attached hydrogens (tertiary/aromatic N) is 1. The van der Waals surface area contributed by atoms with Gasteiger partial charge in [-0.15, -0.1) is 11.8 Å². The van der Waals surface area contributed by atoms with Crippen molar-refractivity contribution in [1.82, 2.24) is 0 Å². The fourth-order valence-corrected chi connectivity index (χ4v) is 2.98. The molecule has 1 aromatic carbocycles. The molecule has 2 nitrogen and oxygen atoms in total. The molecule has 0 saturated carbocycles. The molecule has 4 heteroatoms. The molecule has 1 aliphatic rings. The van der Waals surface area contributed by atoms with Crippen molar-refractivity contribution in [2.75, 3.05) is 22.5 Å². The Morgan fingerprint density at radius 2 is 2.27 bits per heavy atom. The van der Waals surface area contributed by atoms with Gasteiger partial charge in [-0.3, -0.25) is 4.79 Å². The number of amides is 1. The summed E-state index contributed by atoms with van der Waals surface area (Å²) in [5, 5.41) is 0.734. The number of alkyl halides is 1. The zero-order chi connectivity index (χ0) is 10.7. The first-order chi connectivity index (χ1) is 7.33. The number of thioether (sulfide) groups is 1. The Morgan fingerprint density at radius 3 is 3.07 bits per heavy atom. The van der Waals surface area contributed by atoms with Gasteiger partial charge < -0.3 is 4.90 Å². The summed E-state index contributed by atoms with van der Waals surface area (Å²) in [6.45, 7) is 0.827. The molecule has 1 aromatic rings. The van der Waals surface area contributed by atoms with Gasteiger partial charge in [0.1, 0.15) is 0 Å². The number of benzene rings is 1. The van der Waals surface area contributed by atoms with Crippen LogP contribution in [0.5, 0.6) is 0 Å². The molecule has 0 saturated heterocycles. The highest BCUT2D eigenvalue weighted by Gasteiger charge is 2.21. The second-order valence-electron chi connectivity index (χ2n) is 3.30. The summed E-state index contributed by atoms with van der Waals surface area (Å²) in [6, 6.07) is 8.10. The number of hydrogen-bond donors (Lipinski definition) is 0. The second-order valence-corrected chi connectivity index (χ2v) is 5.23.